The second-order valence-electron chi connectivity index (χ2n) is 7.03. The van der Waals surface area contributed by atoms with Gasteiger partial charge in [0.25, 0.3) is 0 Å². The Labute approximate surface area is 153 Å². The lowest BCUT2D eigenvalue weighted by Gasteiger charge is -2.16. The number of nitrogens with zero attached hydrogens (tertiary/aromatic N) is 3. The summed E-state index contributed by atoms with van der Waals surface area (Å²) in [4.78, 5) is 7.90. The van der Waals surface area contributed by atoms with Crippen LogP contribution in [-0.2, 0) is 6.42 Å². The van der Waals surface area contributed by atoms with E-state index in [1.165, 1.54) is 55.0 Å². The fraction of sp³-hybridized carbons (Fsp3) is 0.450. The zero-order valence-electron chi connectivity index (χ0n) is 15.0. The molecule has 136 valence electrons. The quantitative estimate of drug-likeness (QED) is 0.582. The molecule has 0 saturated heterocycles. The summed E-state index contributed by atoms with van der Waals surface area (Å²) in [5.41, 5.74) is 2.49. The van der Waals surface area contributed by atoms with Crippen molar-refractivity contribution in [1.82, 2.24) is 20.2 Å². The van der Waals surface area contributed by atoms with Crippen LogP contribution in [0, 0.1) is 0 Å². The van der Waals surface area contributed by atoms with Crippen LogP contribution in [0.25, 0.3) is 10.9 Å². The smallest absolute Gasteiger partial charge is 0.244 e. The summed E-state index contributed by atoms with van der Waals surface area (Å²) in [6.45, 7) is 0.809. The number of hydrogen-bond donors (Lipinski definition) is 3. The van der Waals surface area contributed by atoms with Crippen LogP contribution in [-0.4, -0.2) is 32.8 Å². The SMILES string of the molecule is c1ccc2c(CCNc3cnnc(NC4CCCCCC4)n3)c[nH]c2c1. The second-order valence-corrected chi connectivity index (χ2v) is 7.03. The van der Waals surface area contributed by atoms with Gasteiger partial charge >= 0.3 is 0 Å². The molecule has 1 saturated carbocycles. The number of nitrogens with one attached hydrogen (secondary N) is 3. The molecule has 4 rings (SSSR count). The van der Waals surface area contributed by atoms with E-state index in [9.17, 15) is 0 Å². The van der Waals surface area contributed by atoms with Gasteiger partial charge in [-0.25, -0.2) is 0 Å². The molecule has 2 heterocycles. The van der Waals surface area contributed by atoms with Gasteiger partial charge in [0.2, 0.25) is 5.95 Å². The van der Waals surface area contributed by atoms with Crippen LogP contribution in [0.3, 0.4) is 0 Å². The molecule has 0 aliphatic heterocycles. The third-order valence-electron chi connectivity index (χ3n) is 5.12. The third-order valence-corrected chi connectivity index (χ3v) is 5.12. The Hall–Kier alpha value is -2.63. The monoisotopic (exact) mass is 350 g/mol. The van der Waals surface area contributed by atoms with Crippen LogP contribution < -0.4 is 10.6 Å². The van der Waals surface area contributed by atoms with E-state index in [0.717, 1.165) is 18.8 Å². The Bertz CT molecular complexity index is 835. The molecule has 0 radical (unpaired) electrons. The van der Waals surface area contributed by atoms with E-state index >= 15 is 0 Å². The van der Waals surface area contributed by atoms with Gasteiger partial charge in [-0.05, 0) is 30.9 Å². The summed E-state index contributed by atoms with van der Waals surface area (Å²) in [6, 6.07) is 8.86. The molecule has 1 aliphatic rings. The summed E-state index contributed by atoms with van der Waals surface area (Å²) in [7, 11) is 0. The fourth-order valence-electron chi connectivity index (χ4n) is 3.72. The van der Waals surface area contributed by atoms with Crippen LogP contribution in [0.4, 0.5) is 11.8 Å². The first-order valence-electron chi connectivity index (χ1n) is 9.63. The van der Waals surface area contributed by atoms with Gasteiger partial charge in [-0.3, -0.25) is 0 Å². The van der Waals surface area contributed by atoms with Gasteiger partial charge < -0.3 is 15.6 Å². The first-order chi connectivity index (χ1) is 12.9. The fourth-order valence-corrected chi connectivity index (χ4v) is 3.72. The van der Waals surface area contributed by atoms with Crippen molar-refractivity contribution in [2.45, 2.75) is 51.0 Å². The van der Waals surface area contributed by atoms with Crippen molar-refractivity contribution in [3.63, 3.8) is 0 Å². The Morgan fingerprint density at radius 3 is 2.81 bits per heavy atom. The van der Waals surface area contributed by atoms with Crippen LogP contribution in [0.1, 0.15) is 44.1 Å². The minimum atomic E-state index is 0.473. The van der Waals surface area contributed by atoms with Crippen molar-refractivity contribution >= 4 is 22.7 Å². The van der Waals surface area contributed by atoms with Crippen LogP contribution in [0.15, 0.2) is 36.7 Å². The van der Waals surface area contributed by atoms with Crippen LogP contribution >= 0.6 is 0 Å². The molecule has 1 aromatic carbocycles. The molecule has 26 heavy (non-hydrogen) atoms. The van der Waals surface area contributed by atoms with E-state index < -0.39 is 0 Å². The van der Waals surface area contributed by atoms with Gasteiger partial charge in [-0.2, -0.15) is 10.1 Å². The van der Waals surface area contributed by atoms with E-state index in [4.69, 9.17) is 0 Å². The zero-order valence-corrected chi connectivity index (χ0v) is 15.0. The number of para-hydroxylation sites is 1. The van der Waals surface area contributed by atoms with Crippen molar-refractivity contribution in [2.24, 2.45) is 0 Å². The number of rotatable bonds is 6. The molecule has 1 fully saturated rings. The molecule has 3 N–H and O–H groups in total. The largest absolute Gasteiger partial charge is 0.368 e. The highest BCUT2D eigenvalue weighted by atomic mass is 15.3. The highest BCUT2D eigenvalue weighted by Gasteiger charge is 2.13. The van der Waals surface area contributed by atoms with Crippen LogP contribution in [0.5, 0.6) is 0 Å². The molecule has 0 bridgehead atoms. The van der Waals surface area contributed by atoms with Crippen molar-refractivity contribution in [1.29, 1.82) is 0 Å². The summed E-state index contributed by atoms with van der Waals surface area (Å²) in [5.74, 6) is 1.41. The third kappa shape index (κ3) is 4.12. The number of aromatic nitrogens is 4. The lowest BCUT2D eigenvalue weighted by molar-refractivity contribution is 0.613. The highest BCUT2D eigenvalue weighted by Crippen LogP contribution is 2.20. The molecule has 0 unspecified atom stereocenters. The summed E-state index contributed by atoms with van der Waals surface area (Å²) < 4.78 is 0. The predicted octanol–water partition coefficient (Wildman–Crippen LogP) is 4.14. The molecule has 2 aromatic heterocycles. The van der Waals surface area contributed by atoms with Crippen molar-refractivity contribution < 1.29 is 0 Å². The normalized spacial score (nSPS) is 15.7. The van der Waals surface area contributed by atoms with Gasteiger partial charge in [0, 0.05) is 29.7 Å². The topological polar surface area (TPSA) is 78.5 Å². The molecule has 0 amide bonds. The summed E-state index contributed by atoms with van der Waals surface area (Å²) >= 11 is 0. The average Bonchev–Trinajstić information content (AvgIpc) is 2.90. The molecule has 3 aromatic rings. The molecule has 0 spiro atoms. The maximum Gasteiger partial charge on any atom is 0.244 e. The molecule has 0 atom stereocenters. The first kappa shape index (κ1) is 16.8. The number of hydrogen-bond acceptors (Lipinski definition) is 5. The predicted molar refractivity (Wildman–Crippen MR) is 105 cm³/mol. The minimum absolute atomic E-state index is 0.473. The van der Waals surface area contributed by atoms with Crippen LogP contribution in [0.2, 0.25) is 0 Å². The number of aromatic amines is 1. The maximum atomic E-state index is 4.57. The average molecular weight is 350 g/mol. The van der Waals surface area contributed by atoms with E-state index in [1.54, 1.807) is 6.20 Å². The number of H-pyrrole nitrogens is 1. The number of fused-ring (bicyclic) bond motifs is 1. The van der Waals surface area contributed by atoms with Crippen molar-refractivity contribution in [3.8, 4) is 0 Å². The Kier molecular flexibility index (Phi) is 5.28. The number of anilines is 2. The van der Waals surface area contributed by atoms with Gasteiger partial charge in [0.05, 0.1) is 6.20 Å². The minimum Gasteiger partial charge on any atom is -0.368 e. The van der Waals surface area contributed by atoms with Gasteiger partial charge in [0.15, 0.2) is 5.82 Å². The summed E-state index contributed by atoms with van der Waals surface area (Å²) in [5, 5.41) is 16.4. The Morgan fingerprint density at radius 1 is 1.08 bits per heavy atom. The second kappa shape index (κ2) is 8.17. The standard InChI is InChI=1S/C20H26N6/c1-2-4-8-16(7-3-1)24-20-25-19(14-23-26-20)21-12-11-15-13-22-18-10-6-5-9-17(15)18/h5-6,9-10,13-14,16,22H,1-4,7-8,11-12H2,(H2,21,24,25,26). The molecular weight excluding hydrogens is 324 g/mol. The van der Waals surface area contributed by atoms with Crippen molar-refractivity contribution in [2.75, 3.05) is 17.2 Å². The number of benzene rings is 1. The first-order valence-corrected chi connectivity index (χ1v) is 9.63. The zero-order chi connectivity index (χ0) is 17.6. The molecular formula is C20H26N6. The van der Waals surface area contributed by atoms with E-state index in [2.05, 4.69) is 61.3 Å². The van der Waals surface area contributed by atoms with Gasteiger partial charge in [-0.15, -0.1) is 5.10 Å². The lowest BCUT2D eigenvalue weighted by atomic mass is 10.1. The van der Waals surface area contributed by atoms with E-state index in [1.807, 2.05) is 0 Å². The lowest BCUT2D eigenvalue weighted by Crippen LogP contribution is -2.20. The van der Waals surface area contributed by atoms with Gasteiger partial charge in [-0.1, -0.05) is 43.9 Å². The Morgan fingerprint density at radius 2 is 1.92 bits per heavy atom. The van der Waals surface area contributed by atoms with E-state index in [0.29, 0.717) is 12.0 Å². The Balaban J connectivity index is 1.33. The molecule has 6 heteroatoms. The maximum absolute atomic E-state index is 4.57. The molecule has 6 nitrogen and oxygen atoms in total. The highest BCUT2D eigenvalue weighted by molar-refractivity contribution is 5.83. The van der Waals surface area contributed by atoms with E-state index in [-0.39, 0.29) is 0 Å². The van der Waals surface area contributed by atoms with Gasteiger partial charge in [0.1, 0.15) is 0 Å². The molecule has 1 aliphatic carbocycles. The van der Waals surface area contributed by atoms with Crippen molar-refractivity contribution in [3.05, 3.63) is 42.2 Å². The summed E-state index contributed by atoms with van der Waals surface area (Å²) in [6.07, 6.45) is 12.3.